The molecule has 1 aliphatic carbocycles. The van der Waals surface area contributed by atoms with Crippen molar-refractivity contribution in [1.29, 1.82) is 0 Å². The van der Waals surface area contributed by atoms with Crippen LogP contribution in [0.4, 0.5) is 0 Å². The summed E-state index contributed by atoms with van der Waals surface area (Å²) in [6.07, 6.45) is 3.25. The van der Waals surface area contributed by atoms with E-state index in [1.807, 2.05) is 20.8 Å². The number of rotatable bonds is 4. The lowest BCUT2D eigenvalue weighted by molar-refractivity contribution is -0.153. The van der Waals surface area contributed by atoms with Gasteiger partial charge in [0, 0.05) is 12.6 Å². The van der Waals surface area contributed by atoms with Crippen molar-refractivity contribution >= 4 is 11.9 Å². The standard InChI is InChI=1S/C13H23NO3/c1-4-14(9(2)3)12(15)10-7-5-6-8-11(10)13(16)17/h9-11H,4-8H2,1-3H3,(H,16,17). The molecule has 0 bridgehead atoms. The van der Waals surface area contributed by atoms with Gasteiger partial charge in [0.15, 0.2) is 0 Å². The largest absolute Gasteiger partial charge is 0.481 e. The monoisotopic (exact) mass is 241 g/mol. The lowest BCUT2D eigenvalue weighted by Crippen LogP contribution is -2.45. The molecule has 2 atom stereocenters. The summed E-state index contributed by atoms with van der Waals surface area (Å²) in [6, 6.07) is 0.142. The predicted molar refractivity (Wildman–Crippen MR) is 65.6 cm³/mol. The van der Waals surface area contributed by atoms with E-state index < -0.39 is 11.9 Å². The summed E-state index contributed by atoms with van der Waals surface area (Å²) in [4.78, 5) is 25.3. The van der Waals surface area contributed by atoms with Crippen LogP contribution in [0, 0.1) is 11.8 Å². The number of carboxylic acid groups (broad SMARTS) is 1. The summed E-state index contributed by atoms with van der Waals surface area (Å²) in [5.41, 5.74) is 0. The number of carbonyl (C=O) groups is 2. The maximum atomic E-state index is 12.3. The molecule has 0 aliphatic heterocycles. The van der Waals surface area contributed by atoms with Gasteiger partial charge >= 0.3 is 5.97 Å². The van der Waals surface area contributed by atoms with Crippen LogP contribution in [0.1, 0.15) is 46.5 Å². The lowest BCUT2D eigenvalue weighted by atomic mass is 9.78. The molecular formula is C13H23NO3. The average molecular weight is 241 g/mol. The van der Waals surface area contributed by atoms with Crippen LogP contribution < -0.4 is 0 Å². The molecule has 1 N–H and O–H groups in total. The number of carboxylic acids is 1. The molecule has 1 aliphatic rings. The Balaban J connectivity index is 2.80. The van der Waals surface area contributed by atoms with Crippen molar-refractivity contribution in [1.82, 2.24) is 4.90 Å². The number of carbonyl (C=O) groups excluding carboxylic acids is 1. The smallest absolute Gasteiger partial charge is 0.307 e. The van der Waals surface area contributed by atoms with E-state index in [0.29, 0.717) is 13.0 Å². The molecule has 4 heteroatoms. The molecule has 0 heterocycles. The maximum absolute atomic E-state index is 12.3. The lowest BCUT2D eigenvalue weighted by Gasteiger charge is -2.34. The Morgan fingerprint density at radius 2 is 1.76 bits per heavy atom. The minimum atomic E-state index is -0.817. The highest BCUT2D eigenvalue weighted by molar-refractivity contribution is 5.85. The fraction of sp³-hybridized carbons (Fsp3) is 0.846. The first kappa shape index (κ1) is 14.0. The van der Waals surface area contributed by atoms with E-state index in [0.717, 1.165) is 19.3 Å². The zero-order chi connectivity index (χ0) is 13.0. The van der Waals surface area contributed by atoms with E-state index in [1.54, 1.807) is 4.90 Å². The van der Waals surface area contributed by atoms with E-state index in [1.165, 1.54) is 0 Å². The third kappa shape index (κ3) is 3.20. The van der Waals surface area contributed by atoms with Crippen LogP contribution in [-0.4, -0.2) is 34.5 Å². The third-order valence-electron chi connectivity index (χ3n) is 3.65. The Morgan fingerprint density at radius 1 is 1.24 bits per heavy atom. The highest BCUT2D eigenvalue weighted by Crippen LogP contribution is 2.32. The van der Waals surface area contributed by atoms with E-state index in [4.69, 9.17) is 0 Å². The molecular weight excluding hydrogens is 218 g/mol. The zero-order valence-corrected chi connectivity index (χ0v) is 11.0. The van der Waals surface area contributed by atoms with Gasteiger partial charge < -0.3 is 10.0 Å². The molecule has 1 fully saturated rings. The molecule has 0 radical (unpaired) electrons. The molecule has 1 saturated carbocycles. The number of hydrogen-bond acceptors (Lipinski definition) is 2. The summed E-state index contributed by atoms with van der Waals surface area (Å²) in [5, 5.41) is 9.18. The van der Waals surface area contributed by atoms with Gasteiger partial charge in [-0.05, 0) is 33.6 Å². The SMILES string of the molecule is CCN(C(=O)C1CCCCC1C(=O)O)C(C)C. The second kappa shape index (κ2) is 6.03. The van der Waals surface area contributed by atoms with Crippen LogP contribution in [0.3, 0.4) is 0 Å². The van der Waals surface area contributed by atoms with Crippen LogP contribution in [0.15, 0.2) is 0 Å². The van der Waals surface area contributed by atoms with E-state index >= 15 is 0 Å². The van der Waals surface area contributed by atoms with Gasteiger partial charge in [-0.2, -0.15) is 0 Å². The van der Waals surface area contributed by atoms with Crippen molar-refractivity contribution < 1.29 is 14.7 Å². The molecule has 1 rings (SSSR count). The summed E-state index contributed by atoms with van der Waals surface area (Å²) in [7, 11) is 0. The van der Waals surface area contributed by atoms with Gasteiger partial charge in [0.1, 0.15) is 0 Å². The first-order valence-electron chi connectivity index (χ1n) is 6.52. The van der Waals surface area contributed by atoms with Crippen molar-refractivity contribution in [2.45, 2.75) is 52.5 Å². The van der Waals surface area contributed by atoms with Crippen LogP contribution in [0.5, 0.6) is 0 Å². The minimum absolute atomic E-state index is 0.0228. The van der Waals surface area contributed by atoms with E-state index in [9.17, 15) is 14.7 Å². The molecule has 0 aromatic rings. The Hall–Kier alpha value is -1.06. The number of aliphatic carboxylic acids is 1. The van der Waals surface area contributed by atoms with Crippen LogP contribution >= 0.6 is 0 Å². The van der Waals surface area contributed by atoms with Gasteiger partial charge in [0.2, 0.25) is 5.91 Å². The molecule has 1 amide bonds. The predicted octanol–water partition coefficient (Wildman–Crippen LogP) is 2.13. The van der Waals surface area contributed by atoms with Gasteiger partial charge in [-0.25, -0.2) is 0 Å². The first-order valence-corrected chi connectivity index (χ1v) is 6.52. The molecule has 4 nitrogen and oxygen atoms in total. The first-order chi connectivity index (χ1) is 7.99. The Morgan fingerprint density at radius 3 is 2.18 bits per heavy atom. The van der Waals surface area contributed by atoms with Gasteiger partial charge in [0.25, 0.3) is 0 Å². The highest BCUT2D eigenvalue weighted by atomic mass is 16.4. The van der Waals surface area contributed by atoms with Crippen molar-refractivity contribution in [2.24, 2.45) is 11.8 Å². The second-order valence-electron chi connectivity index (χ2n) is 5.05. The number of hydrogen-bond donors (Lipinski definition) is 1. The molecule has 0 spiro atoms. The molecule has 0 aromatic carbocycles. The van der Waals surface area contributed by atoms with E-state index in [2.05, 4.69) is 0 Å². The molecule has 17 heavy (non-hydrogen) atoms. The third-order valence-corrected chi connectivity index (χ3v) is 3.65. The Kier molecular flexibility index (Phi) is 4.97. The van der Waals surface area contributed by atoms with Gasteiger partial charge in [-0.15, -0.1) is 0 Å². The fourth-order valence-electron chi connectivity index (χ4n) is 2.71. The quantitative estimate of drug-likeness (QED) is 0.820. The molecule has 0 saturated heterocycles. The normalized spacial score (nSPS) is 24.7. The molecule has 98 valence electrons. The van der Waals surface area contributed by atoms with Gasteiger partial charge in [-0.3, -0.25) is 9.59 Å². The Labute approximate surface area is 103 Å². The van der Waals surface area contributed by atoms with Crippen LogP contribution in [-0.2, 0) is 9.59 Å². The fourth-order valence-corrected chi connectivity index (χ4v) is 2.71. The molecule has 0 aromatic heterocycles. The summed E-state index contributed by atoms with van der Waals surface area (Å²) >= 11 is 0. The number of nitrogens with zero attached hydrogens (tertiary/aromatic N) is 1. The van der Waals surface area contributed by atoms with Gasteiger partial charge in [-0.1, -0.05) is 12.8 Å². The van der Waals surface area contributed by atoms with Crippen molar-refractivity contribution in [3.63, 3.8) is 0 Å². The van der Waals surface area contributed by atoms with Crippen LogP contribution in [0.25, 0.3) is 0 Å². The second-order valence-corrected chi connectivity index (χ2v) is 5.05. The van der Waals surface area contributed by atoms with Gasteiger partial charge in [0.05, 0.1) is 11.8 Å². The molecule has 2 unspecified atom stereocenters. The summed E-state index contributed by atoms with van der Waals surface area (Å²) in [6.45, 7) is 6.54. The van der Waals surface area contributed by atoms with E-state index in [-0.39, 0.29) is 17.9 Å². The minimum Gasteiger partial charge on any atom is -0.481 e. The zero-order valence-electron chi connectivity index (χ0n) is 11.0. The van der Waals surface area contributed by atoms with Crippen molar-refractivity contribution in [3.05, 3.63) is 0 Å². The highest BCUT2D eigenvalue weighted by Gasteiger charge is 2.37. The number of amides is 1. The summed E-state index contributed by atoms with van der Waals surface area (Å²) < 4.78 is 0. The summed E-state index contributed by atoms with van der Waals surface area (Å²) in [5.74, 6) is -1.59. The Bertz CT molecular complexity index is 288. The topological polar surface area (TPSA) is 57.6 Å². The van der Waals surface area contributed by atoms with Crippen molar-refractivity contribution in [2.75, 3.05) is 6.54 Å². The average Bonchev–Trinajstić information content (AvgIpc) is 2.29. The maximum Gasteiger partial charge on any atom is 0.307 e. The van der Waals surface area contributed by atoms with Crippen molar-refractivity contribution in [3.8, 4) is 0 Å². The van der Waals surface area contributed by atoms with Crippen LogP contribution in [0.2, 0.25) is 0 Å².